The Labute approximate surface area is 499 Å². The van der Waals surface area contributed by atoms with Gasteiger partial charge in [0.2, 0.25) is 0 Å². The molecule has 13 rings (SSSR count). The third-order valence-corrected chi connectivity index (χ3v) is 14.7. The number of hydrogen-bond acceptors (Lipinski definition) is 10. The average molecular weight is 1180 g/mol. The highest BCUT2D eigenvalue weighted by Crippen LogP contribution is 2.38. The van der Waals surface area contributed by atoms with Gasteiger partial charge in [0.1, 0.15) is 0 Å². The molecule has 0 N–H and O–H groups in total. The van der Waals surface area contributed by atoms with Crippen molar-refractivity contribution in [3.63, 3.8) is 0 Å². The number of halogens is 3. The quantitative estimate of drug-likeness (QED) is 0.136. The van der Waals surface area contributed by atoms with Gasteiger partial charge in [-0.05, 0) is 87.2 Å². The van der Waals surface area contributed by atoms with Crippen LogP contribution in [0.25, 0.3) is 101 Å². The van der Waals surface area contributed by atoms with Gasteiger partial charge in [0, 0.05) is 85.1 Å². The van der Waals surface area contributed by atoms with Gasteiger partial charge in [-0.1, -0.05) is 216 Å². The van der Waals surface area contributed by atoms with Crippen molar-refractivity contribution < 1.29 is 9.31 Å². The molecule has 8 aromatic carbocycles. The summed E-state index contributed by atoms with van der Waals surface area (Å²) >= 11 is 16.3. The predicted molar refractivity (Wildman–Crippen MR) is 341 cm³/mol. The zero-order chi connectivity index (χ0) is 55.2. The fourth-order valence-electron chi connectivity index (χ4n) is 9.06. The van der Waals surface area contributed by atoms with Gasteiger partial charge in [-0.2, -0.15) is 0 Å². The first-order valence-corrected chi connectivity index (χ1v) is 27.4. The Morgan fingerprint density at radius 2 is 0.732 bits per heavy atom. The van der Waals surface area contributed by atoms with Crippen LogP contribution in [0.1, 0.15) is 35.1 Å². The lowest BCUT2D eigenvalue weighted by atomic mass is 9.77. The van der Waals surface area contributed by atoms with E-state index in [1.807, 2.05) is 188 Å². The van der Waals surface area contributed by atoms with Crippen molar-refractivity contribution in [2.75, 3.05) is 0 Å². The monoisotopic (exact) mass is 1170 g/mol. The molecule has 0 bridgehead atoms. The maximum absolute atomic E-state index is 6.62. The Bertz CT molecular complexity index is 3990. The summed E-state index contributed by atoms with van der Waals surface area (Å²) in [5.41, 5.74) is 9.56. The number of nitrogens with zero attached hydrogens (tertiary/aromatic N) is 8. The van der Waals surface area contributed by atoms with E-state index in [0.717, 1.165) is 76.2 Å². The largest absolute Gasteiger partial charge is 0.497 e. The van der Waals surface area contributed by atoms with E-state index in [-0.39, 0.29) is 34.2 Å². The molecular weight excluding hydrogens is 1120 g/mol. The fraction of sp³-hybridized carbons (Fsp3) is 0.104. The summed E-state index contributed by atoms with van der Waals surface area (Å²) < 4.78 is 13.1. The Hall–Kier alpha value is -8.29. The highest BCUT2D eigenvalue weighted by Gasteiger charge is 2.52. The van der Waals surface area contributed by atoms with Gasteiger partial charge >= 0.3 is 7.12 Å². The SMILES string of the molecule is C.CC1(C)OB(c2cccc3cccnc23)OC1(C)C.Clc1cc(-c2nc(-c3ccccc3)nc(-c3ccccc3)n2)cc(-c2cccc3cccnc23)c1.Clc1cc(Br)cc(-c2nc(-c3ccccc3)nc(-c3ccccc3)n2)c1.[B]. The van der Waals surface area contributed by atoms with Crippen LogP contribution in [0.3, 0.4) is 0 Å². The minimum atomic E-state index is -0.358. The Balaban J connectivity index is 0.000000153. The van der Waals surface area contributed by atoms with Gasteiger partial charge < -0.3 is 9.31 Å². The lowest BCUT2D eigenvalue weighted by Crippen LogP contribution is -2.41. The van der Waals surface area contributed by atoms with Gasteiger partial charge in [-0.3, -0.25) is 9.97 Å². The van der Waals surface area contributed by atoms with E-state index in [1.165, 1.54) is 0 Å². The van der Waals surface area contributed by atoms with Crippen LogP contribution in [0, 0.1) is 0 Å². The number of pyridine rings is 2. The average Bonchev–Trinajstić information content (AvgIpc) is 3.99. The number of hydrogen-bond donors (Lipinski definition) is 0. The van der Waals surface area contributed by atoms with Crippen LogP contribution in [-0.2, 0) is 9.31 Å². The standard InChI is InChI=1S/C30H19ClN4.C21H13BrClN3.C15H18BNO2.CH4.B/c31-25-18-23(26-15-7-13-20-14-8-16-32-27(20)26)17-24(19-25)30-34-28(21-9-3-1-4-10-21)33-29(35-30)22-11-5-2-6-12-22;22-17-11-16(12-18(23)13-17)21-25-19(14-7-3-1-4-8-14)24-20(26-21)15-9-5-2-6-10-15;1-14(2)15(3,4)19-16(18-14)12-9-5-7-11-8-6-10-17-13(11)12;;/h1-19H;1-13H;5-10H,1-4H3;1H4;. The van der Waals surface area contributed by atoms with E-state index in [4.69, 9.17) is 47.5 Å². The summed E-state index contributed by atoms with van der Waals surface area (Å²) in [6.45, 7) is 8.24. The molecule has 1 fully saturated rings. The van der Waals surface area contributed by atoms with Crippen molar-refractivity contribution in [2.45, 2.75) is 46.3 Å². The van der Waals surface area contributed by atoms with Crippen LogP contribution in [0.4, 0.5) is 0 Å². The lowest BCUT2D eigenvalue weighted by molar-refractivity contribution is 0.00578. The third-order valence-electron chi connectivity index (χ3n) is 13.8. The first-order valence-electron chi connectivity index (χ1n) is 25.9. The molecular formula is C67H54B2BrCl2N8O2. The molecule has 0 spiro atoms. The maximum Gasteiger partial charge on any atom is 0.497 e. The number of benzene rings is 8. The maximum atomic E-state index is 6.62. The molecule has 0 unspecified atom stereocenters. The first-order chi connectivity index (χ1) is 38.8. The Morgan fingerprint density at radius 3 is 1.17 bits per heavy atom. The van der Waals surface area contributed by atoms with Crippen molar-refractivity contribution in [2.24, 2.45) is 0 Å². The highest BCUT2D eigenvalue weighted by molar-refractivity contribution is 9.10. The van der Waals surface area contributed by atoms with E-state index in [9.17, 15) is 0 Å². The van der Waals surface area contributed by atoms with Crippen LogP contribution in [0.5, 0.6) is 0 Å². The Kier molecular flexibility index (Phi) is 18.3. The molecule has 12 aromatic rings. The van der Waals surface area contributed by atoms with Crippen molar-refractivity contribution >= 4 is 81.9 Å². The number of para-hydroxylation sites is 2. The third kappa shape index (κ3) is 13.2. The predicted octanol–water partition coefficient (Wildman–Crippen LogP) is 16.8. The molecule has 0 amide bonds. The molecule has 15 heteroatoms. The first kappa shape index (κ1) is 58.4. The lowest BCUT2D eigenvalue weighted by Gasteiger charge is -2.32. The molecule has 82 heavy (non-hydrogen) atoms. The van der Waals surface area contributed by atoms with E-state index in [0.29, 0.717) is 45.0 Å². The van der Waals surface area contributed by atoms with E-state index < -0.39 is 0 Å². The molecule has 1 aliphatic heterocycles. The Morgan fingerprint density at radius 1 is 0.378 bits per heavy atom. The molecule has 5 heterocycles. The fourth-order valence-corrected chi connectivity index (χ4v) is 10.2. The number of aromatic nitrogens is 8. The number of fused-ring (bicyclic) bond motifs is 2. The molecule has 0 saturated carbocycles. The van der Waals surface area contributed by atoms with Crippen molar-refractivity contribution in [3.8, 4) is 79.5 Å². The van der Waals surface area contributed by atoms with E-state index in [1.54, 1.807) is 6.20 Å². The molecule has 0 aliphatic carbocycles. The van der Waals surface area contributed by atoms with Crippen LogP contribution in [-0.4, -0.2) is 66.6 Å². The van der Waals surface area contributed by atoms with Gasteiger partial charge in [0.15, 0.2) is 34.9 Å². The summed E-state index contributed by atoms with van der Waals surface area (Å²) in [6, 6.07) is 71.4. The second-order valence-corrected chi connectivity index (χ2v) is 21.6. The van der Waals surface area contributed by atoms with E-state index in [2.05, 4.69) is 105 Å². The van der Waals surface area contributed by atoms with Crippen molar-refractivity contribution in [1.82, 2.24) is 39.9 Å². The topological polar surface area (TPSA) is 122 Å². The van der Waals surface area contributed by atoms with Crippen LogP contribution in [0.15, 0.2) is 235 Å². The molecule has 401 valence electrons. The minimum Gasteiger partial charge on any atom is -0.399 e. The minimum absolute atomic E-state index is 0. The van der Waals surface area contributed by atoms with Crippen LogP contribution in [0.2, 0.25) is 10.0 Å². The van der Waals surface area contributed by atoms with Crippen molar-refractivity contribution in [3.05, 3.63) is 245 Å². The molecule has 10 nitrogen and oxygen atoms in total. The van der Waals surface area contributed by atoms with E-state index >= 15 is 0 Å². The second kappa shape index (κ2) is 25.7. The smallest absolute Gasteiger partial charge is 0.399 e. The molecule has 1 aliphatic rings. The van der Waals surface area contributed by atoms with Gasteiger partial charge in [0.25, 0.3) is 0 Å². The summed E-state index contributed by atoms with van der Waals surface area (Å²) in [5, 5.41) is 3.41. The summed E-state index contributed by atoms with van der Waals surface area (Å²) in [4.78, 5) is 37.6. The van der Waals surface area contributed by atoms with Crippen LogP contribution < -0.4 is 5.46 Å². The molecule has 3 radical (unpaired) electrons. The summed E-state index contributed by atoms with van der Waals surface area (Å²) in [7, 11) is -0.358. The highest BCUT2D eigenvalue weighted by atomic mass is 79.9. The van der Waals surface area contributed by atoms with Crippen LogP contribution >= 0.6 is 39.1 Å². The van der Waals surface area contributed by atoms with Gasteiger partial charge in [-0.15, -0.1) is 0 Å². The number of rotatable bonds is 8. The van der Waals surface area contributed by atoms with Crippen molar-refractivity contribution in [1.29, 1.82) is 0 Å². The molecule has 1 saturated heterocycles. The molecule has 0 atom stereocenters. The summed E-state index contributed by atoms with van der Waals surface area (Å²) in [6.07, 6.45) is 3.61. The van der Waals surface area contributed by atoms with Gasteiger partial charge in [-0.25, -0.2) is 29.9 Å². The second-order valence-electron chi connectivity index (χ2n) is 19.9. The molecule has 4 aromatic heterocycles. The zero-order valence-electron chi connectivity index (χ0n) is 44.6. The summed E-state index contributed by atoms with van der Waals surface area (Å²) in [5.74, 6) is 3.64. The normalized spacial score (nSPS) is 12.9. The van der Waals surface area contributed by atoms with Gasteiger partial charge in [0.05, 0.1) is 22.2 Å². The zero-order valence-corrected chi connectivity index (χ0v) is 47.7.